The molecule has 152 valence electrons. The Hall–Kier alpha value is -3.74. The highest BCUT2D eigenvalue weighted by Gasteiger charge is 2.33. The summed E-state index contributed by atoms with van der Waals surface area (Å²) in [5.41, 5.74) is 1.19. The second-order valence-corrected chi connectivity index (χ2v) is 7.37. The number of phenolic OH excluding ortho intramolecular Hbond substituents is 1. The number of phenols is 1. The van der Waals surface area contributed by atoms with Gasteiger partial charge in [0.05, 0.1) is 5.52 Å². The maximum Gasteiger partial charge on any atom is 0.297 e. The summed E-state index contributed by atoms with van der Waals surface area (Å²) in [6.07, 6.45) is 0. The Bertz CT molecular complexity index is 1130. The number of amides is 2. The number of nitrogens with zero attached hydrogens (tertiary/aromatic N) is 3. The van der Waals surface area contributed by atoms with E-state index >= 15 is 0 Å². The van der Waals surface area contributed by atoms with Gasteiger partial charge in [-0.3, -0.25) is 14.4 Å². The maximum atomic E-state index is 12.8. The van der Waals surface area contributed by atoms with E-state index in [0.717, 1.165) is 0 Å². The lowest BCUT2D eigenvalue weighted by Crippen LogP contribution is -2.56. The SMILES string of the molecule is CC1CN(C(=O)c2ccccc2)CCN1C(=O)C(=O)c1ccc2cc(O)ccc2n1. The van der Waals surface area contributed by atoms with Crippen LogP contribution in [0.1, 0.15) is 27.8 Å². The second-order valence-electron chi connectivity index (χ2n) is 7.37. The highest BCUT2D eigenvalue weighted by Crippen LogP contribution is 2.20. The van der Waals surface area contributed by atoms with Crippen molar-refractivity contribution in [2.24, 2.45) is 0 Å². The first kappa shape index (κ1) is 19.6. The molecule has 1 aliphatic heterocycles. The van der Waals surface area contributed by atoms with Gasteiger partial charge in [-0.25, -0.2) is 4.98 Å². The molecule has 1 unspecified atom stereocenters. The molecule has 1 fully saturated rings. The molecule has 30 heavy (non-hydrogen) atoms. The van der Waals surface area contributed by atoms with Crippen LogP contribution in [0.2, 0.25) is 0 Å². The topological polar surface area (TPSA) is 90.8 Å². The summed E-state index contributed by atoms with van der Waals surface area (Å²) in [6.45, 7) is 2.83. The molecule has 2 aromatic carbocycles. The van der Waals surface area contributed by atoms with Gasteiger partial charge in [-0.1, -0.05) is 24.3 Å². The summed E-state index contributed by atoms with van der Waals surface area (Å²) in [5.74, 6) is -1.28. The van der Waals surface area contributed by atoms with Crippen LogP contribution in [0.4, 0.5) is 0 Å². The number of fused-ring (bicyclic) bond motifs is 1. The van der Waals surface area contributed by atoms with E-state index in [2.05, 4.69) is 4.98 Å². The third-order valence-electron chi connectivity index (χ3n) is 5.30. The molecule has 7 heteroatoms. The van der Waals surface area contributed by atoms with Gasteiger partial charge >= 0.3 is 0 Å². The molecular formula is C23H21N3O4. The van der Waals surface area contributed by atoms with E-state index in [4.69, 9.17) is 0 Å². The van der Waals surface area contributed by atoms with Gasteiger partial charge in [0.25, 0.3) is 17.6 Å². The molecule has 3 aromatic rings. The monoisotopic (exact) mass is 403 g/mol. The van der Waals surface area contributed by atoms with Crippen molar-refractivity contribution >= 4 is 28.5 Å². The number of benzene rings is 2. The van der Waals surface area contributed by atoms with Crippen molar-refractivity contribution in [2.45, 2.75) is 13.0 Å². The Morgan fingerprint density at radius 2 is 1.77 bits per heavy atom. The molecule has 1 saturated heterocycles. The fourth-order valence-corrected chi connectivity index (χ4v) is 3.69. The highest BCUT2D eigenvalue weighted by atomic mass is 16.3. The van der Waals surface area contributed by atoms with Crippen LogP contribution in [0.25, 0.3) is 10.9 Å². The summed E-state index contributed by atoms with van der Waals surface area (Å²) in [5, 5.41) is 10.2. The first-order valence-electron chi connectivity index (χ1n) is 9.73. The van der Waals surface area contributed by atoms with Gasteiger partial charge in [-0.15, -0.1) is 0 Å². The predicted molar refractivity (Wildman–Crippen MR) is 111 cm³/mol. The zero-order valence-corrected chi connectivity index (χ0v) is 16.5. The Morgan fingerprint density at radius 1 is 1.00 bits per heavy atom. The molecule has 1 aromatic heterocycles. The molecule has 0 aliphatic carbocycles. The van der Waals surface area contributed by atoms with Crippen molar-refractivity contribution in [3.05, 3.63) is 71.9 Å². The van der Waals surface area contributed by atoms with Gasteiger partial charge in [0.15, 0.2) is 0 Å². The van der Waals surface area contributed by atoms with E-state index in [1.165, 1.54) is 17.0 Å². The minimum absolute atomic E-state index is 0.0631. The van der Waals surface area contributed by atoms with E-state index in [0.29, 0.717) is 29.6 Å². The van der Waals surface area contributed by atoms with Crippen molar-refractivity contribution in [1.82, 2.24) is 14.8 Å². The molecule has 0 saturated carbocycles. The van der Waals surface area contributed by atoms with E-state index in [1.54, 1.807) is 35.2 Å². The van der Waals surface area contributed by atoms with Gasteiger partial charge < -0.3 is 14.9 Å². The Morgan fingerprint density at radius 3 is 2.50 bits per heavy atom. The lowest BCUT2D eigenvalue weighted by molar-refractivity contribution is -0.130. The molecule has 7 nitrogen and oxygen atoms in total. The maximum absolute atomic E-state index is 12.8. The third-order valence-corrected chi connectivity index (χ3v) is 5.30. The van der Waals surface area contributed by atoms with Crippen LogP contribution in [0.3, 0.4) is 0 Å². The first-order chi connectivity index (χ1) is 14.4. The van der Waals surface area contributed by atoms with Gasteiger partial charge in [0.1, 0.15) is 11.4 Å². The number of aromatic nitrogens is 1. The molecule has 4 rings (SSSR count). The largest absolute Gasteiger partial charge is 0.508 e. The van der Waals surface area contributed by atoms with Crippen LogP contribution in [0, 0.1) is 0 Å². The van der Waals surface area contributed by atoms with Crippen LogP contribution in [0.5, 0.6) is 5.75 Å². The molecule has 0 bridgehead atoms. The predicted octanol–water partition coefficient (Wildman–Crippen LogP) is 2.50. The summed E-state index contributed by atoms with van der Waals surface area (Å²) >= 11 is 0. The van der Waals surface area contributed by atoms with Crippen LogP contribution in [0.15, 0.2) is 60.7 Å². The fourth-order valence-electron chi connectivity index (χ4n) is 3.69. The summed E-state index contributed by atoms with van der Waals surface area (Å²) in [6, 6.07) is 16.5. The van der Waals surface area contributed by atoms with Gasteiger partial charge in [0, 0.05) is 36.6 Å². The van der Waals surface area contributed by atoms with Crippen molar-refractivity contribution in [3.8, 4) is 5.75 Å². The van der Waals surface area contributed by atoms with Gasteiger partial charge in [0.2, 0.25) is 0 Å². The first-order valence-corrected chi connectivity index (χ1v) is 9.73. The minimum atomic E-state index is -0.681. The quantitative estimate of drug-likeness (QED) is 0.536. The number of rotatable bonds is 3. The molecule has 1 atom stereocenters. The van der Waals surface area contributed by atoms with Crippen LogP contribution >= 0.6 is 0 Å². The highest BCUT2D eigenvalue weighted by molar-refractivity contribution is 6.42. The van der Waals surface area contributed by atoms with Crippen LogP contribution in [-0.4, -0.2) is 63.2 Å². The number of ketones is 1. The Balaban J connectivity index is 1.47. The van der Waals surface area contributed by atoms with Crippen molar-refractivity contribution < 1.29 is 19.5 Å². The number of carbonyl (C=O) groups excluding carboxylic acids is 3. The normalized spacial score (nSPS) is 16.5. The zero-order chi connectivity index (χ0) is 21.3. The number of hydrogen-bond donors (Lipinski definition) is 1. The second kappa shape index (κ2) is 7.94. The van der Waals surface area contributed by atoms with Crippen molar-refractivity contribution in [3.63, 3.8) is 0 Å². The van der Waals surface area contributed by atoms with E-state index in [1.807, 2.05) is 25.1 Å². The third kappa shape index (κ3) is 3.74. The fraction of sp³-hybridized carbons (Fsp3) is 0.217. The summed E-state index contributed by atoms with van der Waals surface area (Å²) in [7, 11) is 0. The number of hydrogen-bond acceptors (Lipinski definition) is 5. The van der Waals surface area contributed by atoms with E-state index in [9.17, 15) is 19.5 Å². The van der Waals surface area contributed by atoms with Gasteiger partial charge in [-0.2, -0.15) is 0 Å². The molecule has 1 N–H and O–H groups in total. The Labute approximate surface area is 173 Å². The number of pyridine rings is 1. The number of aromatic hydroxyl groups is 1. The lowest BCUT2D eigenvalue weighted by atomic mass is 10.1. The average molecular weight is 403 g/mol. The number of carbonyl (C=O) groups is 3. The van der Waals surface area contributed by atoms with Crippen molar-refractivity contribution in [1.29, 1.82) is 0 Å². The minimum Gasteiger partial charge on any atom is -0.508 e. The molecule has 0 radical (unpaired) electrons. The molecule has 2 amide bonds. The standard InChI is InChI=1S/C23H21N3O4/c1-15-14-25(22(29)16-5-3-2-4-6-16)11-12-26(15)23(30)21(28)20-9-7-17-13-18(27)8-10-19(17)24-20/h2-10,13,15,27H,11-12,14H2,1H3. The van der Waals surface area contributed by atoms with Crippen LogP contribution < -0.4 is 0 Å². The molecular weight excluding hydrogens is 382 g/mol. The lowest BCUT2D eigenvalue weighted by Gasteiger charge is -2.39. The smallest absolute Gasteiger partial charge is 0.297 e. The zero-order valence-electron chi connectivity index (χ0n) is 16.5. The Kier molecular flexibility index (Phi) is 5.18. The molecule has 1 aliphatic rings. The van der Waals surface area contributed by atoms with Gasteiger partial charge in [-0.05, 0) is 43.3 Å². The number of piperazine rings is 1. The van der Waals surface area contributed by atoms with Crippen LogP contribution in [-0.2, 0) is 4.79 Å². The van der Waals surface area contributed by atoms with E-state index < -0.39 is 11.7 Å². The summed E-state index contributed by atoms with van der Waals surface area (Å²) < 4.78 is 0. The van der Waals surface area contributed by atoms with Crippen molar-refractivity contribution in [2.75, 3.05) is 19.6 Å². The average Bonchev–Trinajstić information content (AvgIpc) is 2.77. The molecule has 2 heterocycles. The van der Waals surface area contributed by atoms with E-state index in [-0.39, 0.29) is 29.9 Å². The molecule has 0 spiro atoms. The summed E-state index contributed by atoms with van der Waals surface area (Å²) in [4.78, 5) is 45.7. The number of Topliss-reactive ketones (excluding diaryl/α,β-unsaturated/α-hetero) is 1.